The lowest BCUT2D eigenvalue weighted by molar-refractivity contribution is 0.0952. The Balaban J connectivity index is 2.38. The quantitative estimate of drug-likeness (QED) is 0.485. The highest BCUT2D eigenvalue weighted by atomic mass is 16.2. The lowest BCUT2D eigenvalue weighted by atomic mass is 10.1. The minimum atomic E-state index is -0.365. The molecule has 0 radical (unpaired) electrons. The van der Waals surface area contributed by atoms with Crippen molar-refractivity contribution in [2.45, 2.75) is 13.5 Å². The summed E-state index contributed by atoms with van der Waals surface area (Å²) in [5.74, 6) is 4.78. The van der Waals surface area contributed by atoms with Crippen LogP contribution in [0.15, 0.2) is 47.4 Å². The predicted molar refractivity (Wildman–Crippen MR) is 72.6 cm³/mol. The Kier molecular flexibility index (Phi) is 3.77. The van der Waals surface area contributed by atoms with E-state index in [0.29, 0.717) is 12.1 Å². The zero-order chi connectivity index (χ0) is 13.8. The molecule has 1 aromatic carbocycles. The van der Waals surface area contributed by atoms with Crippen LogP contribution in [0.1, 0.15) is 21.5 Å². The first-order valence-corrected chi connectivity index (χ1v) is 5.88. The molecule has 0 aliphatic carbocycles. The van der Waals surface area contributed by atoms with E-state index in [1.807, 2.05) is 19.1 Å². The summed E-state index contributed by atoms with van der Waals surface area (Å²) >= 11 is 0. The number of nitrogens with zero attached hydrogens (tertiary/aromatic N) is 1. The molecule has 1 amide bonds. The number of hydrogen-bond donors (Lipinski definition) is 2. The molecule has 0 atom stereocenters. The monoisotopic (exact) mass is 257 g/mol. The fraction of sp³-hybridized carbons (Fsp3) is 0.143. The molecule has 0 unspecified atom stereocenters. The van der Waals surface area contributed by atoms with Crippen molar-refractivity contribution in [3.63, 3.8) is 0 Å². The van der Waals surface area contributed by atoms with Crippen molar-refractivity contribution in [2.24, 2.45) is 5.84 Å². The molecule has 1 heterocycles. The average Bonchev–Trinajstić information content (AvgIpc) is 2.41. The number of carbonyl (C=O) groups excluding carboxylic acids is 1. The molecule has 0 bridgehead atoms. The second-order valence-corrected chi connectivity index (χ2v) is 4.30. The van der Waals surface area contributed by atoms with Crippen molar-refractivity contribution >= 4 is 5.91 Å². The summed E-state index contributed by atoms with van der Waals surface area (Å²) in [6, 6.07) is 10.5. The van der Waals surface area contributed by atoms with Gasteiger partial charge in [0.25, 0.3) is 11.5 Å². The van der Waals surface area contributed by atoms with Crippen molar-refractivity contribution in [2.75, 3.05) is 0 Å². The lowest BCUT2D eigenvalue weighted by Gasteiger charge is -2.10. The smallest absolute Gasteiger partial charge is 0.265 e. The van der Waals surface area contributed by atoms with Crippen molar-refractivity contribution in [1.82, 2.24) is 9.99 Å². The van der Waals surface area contributed by atoms with E-state index in [-0.39, 0.29) is 11.5 Å². The Morgan fingerprint density at radius 2 is 2.05 bits per heavy atom. The van der Waals surface area contributed by atoms with Gasteiger partial charge in [-0.3, -0.25) is 15.0 Å². The van der Waals surface area contributed by atoms with Crippen LogP contribution in [-0.4, -0.2) is 10.5 Å². The van der Waals surface area contributed by atoms with Gasteiger partial charge in [0, 0.05) is 17.8 Å². The molecule has 19 heavy (non-hydrogen) atoms. The molecule has 5 heteroatoms. The van der Waals surface area contributed by atoms with Gasteiger partial charge >= 0.3 is 0 Å². The van der Waals surface area contributed by atoms with Gasteiger partial charge in [-0.15, -0.1) is 0 Å². The van der Waals surface area contributed by atoms with E-state index in [0.717, 1.165) is 11.1 Å². The molecule has 5 nitrogen and oxygen atoms in total. The van der Waals surface area contributed by atoms with E-state index in [2.05, 4.69) is 5.43 Å². The van der Waals surface area contributed by atoms with E-state index < -0.39 is 0 Å². The van der Waals surface area contributed by atoms with Gasteiger partial charge in [-0.2, -0.15) is 0 Å². The van der Waals surface area contributed by atoms with Crippen LogP contribution in [0.4, 0.5) is 0 Å². The summed E-state index contributed by atoms with van der Waals surface area (Å²) < 4.78 is 1.55. The van der Waals surface area contributed by atoms with Crippen LogP contribution < -0.4 is 16.8 Å². The number of nitrogens with one attached hydrogen (secondary N) is 1. The third kappa shape index (κ3) is 2.89. The summed E-state index contributed by atoms with van der Waals surface area (Å²) in [5, 5.41) is 0. The SMILES string of the molecule is Cc1ccn(Cc2ccccc2C(=O)NN)c(=O)c1. The fourth-order valence-corrected chi connectivity index (χ4v) is 1.88. The number of benzene rings is 1. The molecular formula is C14H15N3O2. The van der Waals surface area contributed by atoms with Crippen LogP contribution in [0.25, 0.3) is 0 Å². The molecule has 2 aromatic rings. The molecule has 3 N–H and O–H groups in total. The molecule has 0 aliphatic heterocycles. The Bertz CT molecular complexity index is 662. The number of rotatable bonds is 3. The highest BCUT2D eigenvalue weighted by Crippen LogP contribution is 2.09. The number of carbonyl (C=O) groups is 1. The van der Waals surface area contributed by atoms with Gasteiger partial charge in [0.2, 0.25) is 0 Å². The van der Waals surface area contributed by atoms with E-state index in [4.69, 9.17) is 5.84 Å². The third-order valence-electron chi connectivity index (χ3n) is 2.89. The van der Waals surface area contributed by atoms with Gasteiger partial charge in [0.15, 0.2) is 0 Å². The maximum Gasteiger partial charge on any atom is 0.265 e. The second-order valence-electron chi connectivity index (χ2n) is 4.30. The topological polar surface area (TPSA) is 77.1 Å². The van der Waals surface area contributed by atoms with Crippen molar-refractivity contribution in [3.05, 3.63) is 69.6 Å². The average molecular weight is 257 g/mol. The van der Waals surface area contributed by atoms with Gasteiger partial charge in [0.05, 0.1) is 6.54 Å². The number of amides is 1. The van der Waals surface area contributed by atoms with E-state index in [1.165, 1.54) is 0 Å². The third-order valence-corrected chi connectivity index (χ3v) is 2.89. The fourth-order valence-electron chi connectivity index (χ4n) is 1.88. The number of pyridine rings is 1. The van der Waals surface area contributed by atoms with Crippen LogP contribution in [0.5, 0.6) is 0 Å². The predicted octanol–water partition coefficient (Wildman–Crippen LogP) is 0.809. The van der Waals surface area contributed by atoms with Crippen LogP contribution >= 0.6 is 0 Å². The first-order valence-electron chi connectivity index (χ1n) is 5.88. The van der Waals surface area contributed by atoms with Gasteiger partial charge in [-0.05, 0) is 30.2 Å². The molecule has 2 rings (SSSR count). The summed E-state index contributed by atoms with van der Waals surface area (Å²) in [7, 11) is 0. The minimum Gasteiger partial charge on any atom is -0.311 e. The van der Waals surface area contributed by atoms with Gasteiger partial charge < -0.3 is 4.57 Å². The van der Waals surface area contributed by atoms with Gasteiger partial charge in [-0.1, -0.05) is 18.2 Å². The van der Waals surface area contributed by atoms with E-state index in [9.17, 15) is 9.59 Å². The molecule has 0 saturated heterocycles. The van der Waals surface area contributed by atoms with E-state index >= 15 is 0 Å². The van der Waals surface area contributed by atoms with Crippen LogP contribution in [0, 0.1) is 6.92 Å². The molecule has 0 spiro atoms. The normalized spacial score (nSPS) is 10.2. The Morgan fingerprint density at radius 1 is 1.32 bits per heavy atom. The summed E-state index contributed by atoms with van der Waals surface area (Å²) in [4.78, 5) is 23.5. The summed E-state index contributed by atoms with van der Waals surface area (Å²) in [6.07, 6.45) is 1.72. The van der Waals surface area contributed by atoms with Crippen LogP contribution in [0.3, 0.4) is 0 Å². The molecular weight excluding hydrogens is 242 g/mol. The Hall–Kier alpha value is -2.40. The molecule has 98 valence electrons. The number of hydrogen-bond acceptors (Lipinski definition) is 3. The van der Waals surface area contributed by atoms with Crippen LogP contribution in [-0.2, 0) is 6.54 Å². The Labute approximate surface area is 110 Å². The number of nitrogens with two attached hydrogens (primary N) is 1. The maximum atomic E-state index is 11.8. The summed E-state index contributed by atoms with van der Waals surface area (Å²) in [5.41, 5.74) is 4.14. The van der Waals surface area contributed by atoms with Crippen molar-refractivity contribution < 1.29 is 4.79 Å². The lowest BCUT2D eigenvalue weighted by Crippen LogP contribution is -2.31. The molecule has 0 fully saturated rings. The highest BCUT2D eigenvalue weighted by Gasteiger charge is 2.10. The first-order chi connectivity index (χ1) is 9.11. The standard InChI is InChI=1S/C14H15N3O2/c1-10-6-7-17(13(18)8-10)9-11-4-2-3-5-12(11)14(19)16-15/h2-8H,9,15H2,1H3,(H,16,19). The molecule has 0 saturated carbocycles. The maximum absolute atomic E-state index is 11.8. The number of aromatic nitrogens is 1. The number of aryl methyl sites for hydroxylation is 1. The van der Waals surface area contributed by atoms with Crippen molar-refractivity contribution in [1.29, 1.82) is 0 Å². The zero-order valence-corrected chi connectivity index (χ0v) is 10.6. The summed E-state index contributed by atoms with van der Waals surface area (Å²) in [6.45, 7) is 2.20. The minimum absolute atomic E-state index is 0.0945. The van der Waals surface area contributed by atoms with Gasteiger partial charge in [-0.25, -0.2) is 5.84 Å². The molecule has 0 aliphatic rings. The highest BCUT2D eigenvalue weighted by molar-refractivity contribution is 5.95. The number of nitrogen functional groups attached to an aromatic ring is 1. The molecule has 1 aromatic heterocycles. The number of hydrazine groups is 1. The largest absolute Gasteiger partial charge is 0.311 e. The first kappa shape index (κ1) is 13.0. The van der Waals surface area contributed by atoms with Gasteiger partial charge in [0.1, 0.15) is 0 Å². The van der Waals surface area contributed by atoms with E-state index in [1.54, 1.807) is 35.0 Å². The Morgan fingerprint density at radius 3 is 2.74 bits per heavy atom. The van der Waals surface area contributed by atoms with Crippen molar-refractivity contribution in [3.8, 4) is 0 Å². The second kappa shape index (κ2) is 5.49. The van der Waals surface area contributed by atoms with Crippen LogP contribution in [0.2, 0.25) is 0 Å². The zero-order valence-electron chi connectivity index (χ0n) is 10.6.